The largest absolute Gasteiger partial charge is 0.453 e. The fourth-order valence-electron chi connectivity index (χ4n) is 8.67. The molecule has 64 heavy (non-hydrogen) atoms. The number of amides is 2. The summed E-state index contributed by atoms with van der Waals surface area (Å²) in [5.74, 6) is -10.5. The number of benzene rings is 3. The van der Waals surface area contributed by atoms with Gasteiger partial charge in [-0.15, -0.1) is 0 Å². The minimum Gasteiger partial charge on any atom is -0.453 e. The van der Waals surface area contributed by atoms with E-state index in [1.165, 1.54) is 34.9 Å². The van der Waals surface area contributed by atoms with Gasteiger partial charge in [0.25, 0.3) is 0 Å². The first-order valence-corrected chi connectivity index (χ1v) is 20.7. The van der Waals surface area contributed by atoms with Gasteiger partial charge >= 0.3 is 24.0 Å². The number of hydrogen-bond donors (Lipinski definition) is 3. The monoisotopic (exact) mass is 883 g/mol. The summed E-state index contributed by atoms with van der Waals surface area (Å²) in [4.78, 5) is 56.0. The number of aromatic amines is 2. The third kappa shape index (κ3) is 7.27. The highest BCUT2D eigenvalue weighted by molar-refractivity contribution is 5.88. The number of imidazole rings is 2. The minimum absolute atomic E-state index is 0.0329. The molecule has 0 bridgehead atoms. The van der Waals surface area contributed by atoms with Crippen molar-refractivity contribution in [2.24, 2.45) is 5.92 Å². The molecule has 334 valence electrons. The number of halogens is 4. The molecule has 2 aliphatic heterocycles. The lowest BCUT2D eigenvalue weighted by Gasteiger charge is -2.35. The molecule has 5 heterocycles. The Balaban J connectivity index is 1.01. The van der Waals surface area contributed by atoms with Crippen LogP contribution >= 0.6 is 0 Å². The number of alkyl carbamates (subject to hydrolysis) is 1. The molecule has 1 aliphatic carbocycles. The van der Waals surface area contributed by atoms with E-state index in [0.29, 0.717) is 41.3 Å². The Hall–Kier alpha value is -6.53. The molecule has 18 heteroatoms. The van der Waals surface area contributed by atoms with E-state index in [0.717, 1.165) is 12.1 Å². The number of methoxy groups -OCH3 is 1. The van der Waals surface area contributed by atoms with E-state index in [1.807, 2.05) is 0 Å². The van der Waals surface area contributed by atoms with Crippen molar-refractivity contribution in [2.75, 3.05) is 26.9 Å². The second-order valence-electron chi connectivity index (χ2n) is 17.6. The van der Waals surface area contributed by atoms with Gasteiger partial charge in [-0.25, -0.2) is 24.1 Å². The summed E-state index contributed by atoms with van der Waals surface area (Å²) in [5, 5.41) is 2.59. The van der Waals surface area contributed by atoms with Crippen molar-refractivity contribution in [3.8, 4) is 45.0 Å². The highest BCUT2D eigenvalue weighted by atomic mass is 19.3. The van der Waals surface area contributed by atoms with Crippen LogP contribution in [0.1, 0.15) is 64.0 Å². The number of H-pyrrole nitrogens is 2. The van der Waals surface area contributed by atoms with E-state index in [4.69, 9.17) is 18.9 Å². The smallest absolute Gasteiger partial charge is 0.419 e. The third-order valence-corrected chi connectivity index (χ3v) is 11.8. The van der Waals surface area contributed by atoms with Gasteiger partial charge in [0.2, 0.25) is 5.91 Å². The van der Waals surface area contributed by atoms with Gasteiger partial charge in [0, 0.05) is 29.3 Å². The molecule has 2 atom stereocenters. The van der Waals surface area contributed by atoms with E-state index in [9.17, 15) is 14.4 Å². The lowest BCUT2D eigenvalue weighted by molar-refractivity contribution is -0.225. The molecule has 9 rings (SSSR count). The fourth-order valence-corrected chi connectivity index (χ4v) is 8.67. The number of likely N-dealkylation sites (tertiary alicyclic amines) is 1. The van der Waals surface area contributed by atoms with Gasteiger partial charge in [-0.3, -0.25) is 4.79 Å². The summed E-state index contributed by atoms with van der Waals surface area (Å²) in [6, 6.07) is 14.8. The molecule has 3 aromatic carbocycles. The molecule has 2 unspecified atom stereocenters. The zero-order valence-electron chi connectivity index (χ0n) is 35.7. The van der Waals surface area contributed by atoms with Crippen molar-refractivity contribution >= 4 is 29.1 Å². The topological polar surface area (TPSA) is 166 Å². The first-order valence-electron chi connectivity index (χ1n) is 20.7. The maximum atomic E-state index is 16.3. The molecular formula is C46H45F4N7O7. The second-order valence-corrected chi connectivity index (χ2v) is 17.6. The summed E-state index contributed by atoms with van der Waals surface area (Å²) in [6.45, 7) is 9.47. The van der Waals surface area contributed by atoms with Crippen LogP contribution in [0.2, 0.25) is 0 Å². The van der Waals surface area contributed by atoms with Crippen LogP contribution in [0.15, 0.2) is 79.1 Å². The second kappa shape index (κ2) is 15.3. The Bertz CT molecular complexity index is 2820. The van der Waals surface area contributed by atoms with Crippen molar-refractivity contribution in [3.63, 3.8) is 0 Å². The number of carbonyl (C=O) groups excluding carboxylic acids is 3. The Morgan fingerprint density at radius 2 is 1.53 bits per heavy atom. The number of nitrogens with one attached hydrogen (secondary N) is 3. The molecule has 0 saturated carbocycles. The molecule has 2 amide bonds. The lowest BCUT2D eigenvalue weighted by Crippen LogP contribution is -2.52. The average molecular weight is 884 g/mol. The van der Waals surface area contributed by atoms with Crippen LogP contribution in [0.5, 0.6) is 0 Å². The number of rotatable bonds is 7. The third-order valence-electron chi connectivity index (χ3n) is 11.8. The van der Waals surface area contributed by atoms with Crippen LogP contribution in [-0.2, 0) is 35.6 Å². The summed E-state index contributed by atoms with van der Waals surface area (Å²) >= 11 is 0. The van der Waals surface area contributed by atoms with Crippen LogP contribution in [0.3, 0.4) is 0 Å². The van der Waals surface area contributed by atoms with Crippen molar-refractivity contribution < 1.29 is 50.9 Å². The van der Waals surface area contributed by atoms with Crippen LogP contribution in [-0.4, -0.2) is 91.8 Å². The number of nitrogens with zero attached hydrogens (tertiary/aromatic N) is 4. The summed E-state index contributed by atoms with van der Waals surface area (Å²) in [6.07, 6.45) is 1.76. The minimum atomic E-state index is -4.62. The number of ether oxygens (including phenoxy) is 4. The highest BCUT2D eigenvalue weighted by Gasteiger charge is 2.63. The fraction of sp³-hybridized carbons (Fsp3) is 0.370. The molecule has 2 saturated heterocycles. The predicted molar refractivity (Wildman–Crippen MR) is 225 cm³/mol. The standard InChI is InChI=1S/C46H45F4N7O7/c1-24(2)37(55-41(59)61-6)40(58)57-23-44(62-16-17-63-44)21-36(57)38-51-22-34(54-38)27-10-13-29-28-12-9-25(18-30(28)45(47,48)46(49,50)31(29)19-27)26-11-14-32-33(20-26)53-39(52-32)35-8-7-15-56(35)42(60)64-43(3,4)5/h7-15,18-20,22,24,36-37H,16-17,21,23H2,1-6H3,(H,51,54)(H,52,53)(H,55,59). The maximum absolute atomic E-state index is 16.3. The predicted octanol–water partition coefficient (Wildman–Crippen LogP) is 9.13. The normalized spacial score (nSPS) is 18.9. The Kier molecular flexibility index (Phi) is 10.2. The molecule has 3 N–H and O–H groups in total. The Morgan fingerprint density at radius 3 is 2.19 bits per heavy atom. The highest BCUT2D eigenvalue weighted by Crippen LogP contribution is 2.59. The Labute approximate surface area is 364 Å². The quantitative estimate of drug-likeness (QED) is 0.133. The van der Waals surface area contributed by atoms with Crippen LogP contribution in [0, 0.1) is 5.92 Å². The van der Waals surface area contributed by atoms with E-state index in [2.05, 4.69) is 25.3 Å². The van der Waals surface area contributed by atoms with Crippen molar-refractivity contribution in [3.05, 3.63) is 96.1 Å². The number of carbonyl (C=O) groups is 3. The van der Waals surface area contributed by atoms with Gasteiger partial charge in [-0.05, 0) is 85.3 Å². The lowest BCUT2D eigenvalue weighted by atomic mass is 9.78. The van der Waals surface area contributed by atoms with Crippen molar-refractivity contribution in [1.82, 2.24) is 34.7 Å². The van der Waals surface area contributed by atoms with Gasteiger partial charge in [-0.2, -0.15) is 17.6 Å². The van der Waals surface area contributed by atoms with Gasteiger partial charge in [0.15, 0.2) is 11.6 Å². The first kappa shape index (κ1) is 42.8. The van der Waals surface area contributed by atoms with Crippen LogP contribution < -0.4 is 5.32 Å². The van der Waals surface area contributed by atoms with Crippen molar-refractivity contribution in [2.45, 2.75) is 76.4 Å². The average Bonchev–Trinajstić information content (AvgIpc) is 4.11. The molecule has 3 aliphatic rings. The number of alkyl halides is 4. The van der Waals surface area contributed by atoms with Crippen molar-refractivity contribution in [1.29, 1.82) is 0 Å². The molecule has 14 nitrogen and oxygen atoms in total. The SMILES string of the molecule is COC(=O)NC(C(=O)N1CC2(CC1c1ncc(-c3ccc4c(c3)C(F)(F)C(F)(F)c3cc(-c5ccc6nc(-c7cccn7C(=O)OC(C)(C)C)[nH]c6c5)ccc3-4)[nH]1)OCCO2)C(C)C. The zero-order chi connectivity index (χ0) is 45.5. The van der Waals surface area contributed by atoms with Gasteiger partial charge in [0.05, 0.1) is 61.5 Å². The van der Waals surface area contributed by atoms with Crippen LogP contribution in [0.4, 0.5) is 27.2 Å². The molecule has 0 radical (unpaired) electrons. The van der Waals surface area contributed by atoms with E-state index in [-0.39, 0.29) is 52.7 Å². The summed E-state index contributed by atoms with van der Waals surface area (Å²) < 4.78 is 88.6. The van der Waals surface area contributed by atoms with Gasteiger partial charge in [-0.1, -0.05) is 44.2 Å². The molecular weight excluding hydrogens is 839 g/mol. The van der Waals surface area contributed by atoms with Gasteiger partial charge in [0.1, 0.15) is 17.5 Å². The molecule has 3 aromatic heterocycles. The molecule has 6 aromatic rings. The number of hydrogen-bond acceptors (Lipinski definition) is 9. The van der Waals surface area contributed by atoms with Crippen LogP contribution in [0.25, 0.3) is 56.1 Å². The zero-order valence-corrected chi connectivity index (χ0v) is 35.7. The number of aromatic nitrogens is 5. The first-order chi connectivity index (χ1) is 30.3. The van der Waals surface area contributed by atoms with E-state index in [1.54, 1.807) is 83.3 Å². The summed E-state index contributed by atoms with van der Waals surface area (Å²) in [7, 11) is 1.19. The number of fused-ring (bicyclic) bond motifs is 4. The molecule has 2 fully saturated rings. The Morgan fingerprint density at radius 1 is 0.891 bits per heavy atom. The van der Waals surface area contributed by atoms with Gasteiger partial charge < -0.3 is 39.1 Å². The maximum Gasteiger partial charge on any atom is 0.419 e. The molecule has 1 spiro atoms. The van der Waals surface area contributed by atoms with E-state index >= 15 is 17.6 Å². The van der Waals surface area contributed by atoms with E-state index < -0.39 is 64.5 Å². The summed E-state index contributed by atoms with van der Waals surface area (Å²) in [5.41, 5.74) is 0.188.